The second kappa shape index (κ2) is 74.9. The molecular weight excluding hydrogens is 360 g/mol. The second-order valence-corrected chi connectivity index (χ2v) is 0. The first-order chi connectivity index (χ1) is 0. The molecule has 0 aliphatic rings. The van der Waals surface area contributed by atoms with Gasteiger partial charge in [-0.25, -0.2) is 0 Å². The van der Waals surface area contributed by atoms with Crippen molar-refractivity contribution in [2.45, 2.75) is 0 Å². The Labute approximate surface area is 109 Å². The summed E-state index contributed by atoms with van der Waals surface area (Å²) < 4.78 is 0. The number of hydrogen-bond acceptors (Lipinski definition) is 0. The fourth-order valence-corrected chi connectivity index (χ4v) is 0. The van der Waals surface area contributed by atoms with Crippen molar-refractivity contribution in [3.63, 3.8) is 0 Å². The van der Waals surface area contributed by atoms with Crippen LogP contribution in [0.3, 0.4) is 0 Å². The summed E-state index contributed by atoms with van der Waals surface area (Å²) in [6.07, 6.45) is 0. The Bertz CT molecular complexity index is 6.04. The van der Waals surface area contributed by atoms with Crippen LogP contribution in [0.5, 0.6) is 0 Å². The minimum Gasteiger partial charge on any atom is -2.00 e. The van der Waals surface area contributed by atoms with E-state index in [-0.39, 0.29) is 111 Å². The van der Waals surface area contributed by atoms with Crippen molar-refractivity contribution in [2.24, 2.45) is 0 Å². The summed E-state index contributed by atoms with van der Waals surface area (Å²) in [5.74, 6) is 0. The molecule has 0 aromatic heterocycles. The van der Waals surface area contributed by atoms with E-state index in [2.05, 4.69) is 0 Å². The van der Waals surface area contributed by atoms with Crippen molar-refractivity contribution >= 4 is 0 Å². The van der Waals surface area contributed by atoms with Crippen LogP contribution in [-0.4, -0.2) is 0 Å². The maximum Gasteiger partial charge on any atom is 0 e. The van der Waals surface area contributed by atoms with Gasteiger partial charge in [-0.15, -0.1) is 0 Å². The minimum atomic E-state index is 0. The Kier molecular flexibility index (Phi) is 1150. The van der Waals surface area contributed by atoms with Crippen LogP contribution < -0.4 is 0 Å². The topological polar surface area (TPSA) is 142 Å². The van der Waals surface area contributed by atoms with Crippen molar-refractivity contribution in [1.29, 1.82) is 0 Å². The molecule has 48 valence electrons. The third-order valence-electron chi connectivity index (χ3n) is 0. The van der Waals surface area contributed by atoms with Gasteiger partial charge < -0.3 is 27.4 Å². The Morgan fingerprint density at radius 3 is 0.286 bits per heavy atom. The average molecular weight is 360 g/mol. The molecule has 0 atom stereocenters. The summed E-state index contributed by atoms with van der Waals surface area (Å²) in [4.78, 5) is 0. The van der Waals surface area contributed by atoms with E-state index < -0.39 is 0 Å². The summed E-state index contributed by atoms with van der Waals surface area (Å²) in [5.41, 5.74) is 0. The van der Waals surface area contributed by atoms with Crippen LogP contribution in [0.25, 0.3) is 0 Å². The van der Waals surface area contributed by atoms with Gasteiger partial charge in [0.15, 0.2) is 0 Å². The molecule has 0 aromatic rings. The van der Waals surface area contributed by atoms with E-state index in [1.54, 1.807) is 0 Å². The predicted molar refractivity (Wildman–Crippen MR) is 3.43 cm³/mol. The van der Waals surface area contributed by atoms with E-state index in [9.17, 15) is 0 Å². The molecule has 0 saturated heterocycles. The summed E-state index contributed by atoms with van der Waals surface area (Å²) in [6, 6.07) is 0. The molecule has 7 heavy (non-hydrogen) atoms. The molecule has 0 saturated carbocycles. The molecule has 0 rings (SSSR count). The standard InChI is InChI=1S/2Ce.5O/q;;5*-2. The van der Waals surface area contributed by atoms with Crippen molar-refractivity contribution in [3.05, 3.63) is 0 Å². The van der Waals surface area contributed by atoms with Gasteiger partial charge in [0.2, 0.25) is 0 Å². The number of hydrogen-bond donors (Lipinski definition) is 0. The fraction of sp³-hybridized carbons (Fsp3) is 0. The van der Waals surface area contributed by atoms with Gasteiger partial charge in [0.25, 0.3) is 0 Å². The van der Waals surface area contributed by atoms with Crippen molar-refractivity contribution in [1.82, 2.24) is 0 Å². The SMILES string of the molecule is [Ce].[Ce].[O-2].[O-2].[O-2].[O-2].[O-2]. The molecule has 0 aromatic carbocycles. The average Bonchev–Trinajstić information content (AvgIpc) is 0. The summed E-state index contributed by atoms with van der Waals surface area (Å²) in [5, 5.41) is 0. The molecular formula is Ce2O5-10. The zero-order valence-electron chi connectivity index (χ0n) is 3.04. The van der Waals surface area contributed by atoms with Gasteiger partial charge in [0.05, 0.1) is 0 Å². The zero-order valence-corrected chi connectivity index (χ0v) is 9.32. The zero-order chi connectivity index (χ0) is 0. The van der Waals surface area contributed by atoms with E-state index >= 15 is 0 Å². The van der Waals surface area contributed by atoms with E-state index in [1.807, 2.05) is 0 Å². The van der Waals surface area contributed by atoms with Gasteiger partial charge in [-0.2, -0.15) is 0 Å². The van der Waals surface area contributed by atoms with Gasteiger partial charge in [-0.3, -0.25) is 0 Å². The third kappa shape index (κ3) is 56.3. The summed E-state index contributed by atoms with van der Waals surface area (Å²) in [7, 11) is 0. The molecule has 0 N–H and O–H groups in total. The monoisotopic (exact) mass is 360 g/mol. The Hall–Kier alpha value is 2.55. The van der Waals surface area contributed by atoms with Crippen LogP contribution in [0.4, 0.5) is 0 Å². The molecule has 7 heteroatoms. The van der Waals surface area contributed by atoms with Gasteiger partial charge in [-0.1, -0.05) is 0 Å². The minimum absolute atomic E-state index is 0. The quantitative estimate of drug-likeness (QED) is 0.544. The van der Waals surface area contributed by atoms with Crippen LogP contribution in [0, 0.1) is 83.5 Å². The first-order valence-electron chi connectivity index (χ1n) is 0. The fourth-order valence-electron chi connectivity index (χ4n) is 0. The van der Waals surface area contributed by atoms with E-state index in [1.165, 1.54) is 0 Å². The van der Waals surface area contributed by atoms with Gasteiger partial charge in [0, 0.05) is 83.5 Å². The van der Waals surface area contributed by atoms with Crippen molar-refractivity contribution in [2.75, 3.05) is 0 Å². The van der Waals surface area contributed by atoms with E-state index in [0.29, 0.717) is 0 Å². The molecule has 0 radical (unpaired) electrons. The van der Waals surface area contributed by atoms with Crippen molar-refractivity contribution in [3.8, 4) is 0 Å². The normalized spacial score (nSPS) is 0. The van der Waals surface area contributed by atoms with Gasteiger partial charge >= 0.3 is 0 Å². The molecule has 0 spiro atoms. The number of rotatable bonds is 0. The molecule has 0 bridgehead atoms. The summed E-state index contributed by atoms with van der Waals surface area (Å²) >= 11 is 0. The first kappa shape index (κ1) is 107. The van der Waals surface area contributed by atoms with Gasteiger partial charge in [-0.05, 0) is 0 Å². The predicted octanol–water partition coefficient (Wildman–Crippen LogP) is -0.594. The maximum atomic E-state index is 0. The first-order valence-corrected chi connectivity index (χ1v) is 0. The van der Waals surface area contributed by atoms with Crippen LogP contribution in [0.1, 0.15) is 0 Å². The smallest absolute Gasteiger partial charge is 0 e. The van der Waals surface area contributed by atoms with E-state index in [0.717, 1.165) is 0 Å². The summed E-state index contributed by atoms with van der Waals surface area (Å²) in [6.45, 7) is 0. The van der Waals surface area contributed by atoms with Crippen LogP contribution >= 0.6 is 0 Å². The molecule has 0 aliphatic heterocycles. The molecule has 0 aliphatic carbocycles. The second-order valence-electron chi connectivity index (χ2n) is 0. The molecule has 5 nitrogen and oxygen atoms in total. The van der Waals surface area contributed by atoms with E-state index in [4.69, 9.17) is 0 Å². The Morgan fingerprint density at radius 2 is 0.286 bits per heavy atom. The third-order valence-corrected chi connectivity index (χ3v) is 0. The molecule has 0 fully saturated rings. The largest absolute Gasteiger partial charge is 2.00 e. The Balaban J connectivity index is 0. The van der Waals surface area contributed by atoms with Crippen molar-refractivity contribution < 1.29 is 111 Å². The van der Waals surface area contributed by atoms with Crippen LogP contribution in [0.2, 0.25) is 0 Å². The Morgan fingerprint density at radius 1 is 0.286 bits per heavy atom. The van der Waals surface area contributed by atoms with Crippen LogP contribution in [-0.2, 0) is 27.4 Å². The molecule has 0 unspecified atom stereocenters. The molecule has 0 amide bonds. The maximum absolute atomic E-state index is 0. The molecule has 0 heterocycles. The van der Waals surface area contributed by atoms with Crippen LogP contribution in [0.15, 0.2) is 0 Å². The van der Waals surface area contributed by atoms with Gasteiger partial charge in [0.1, 0.15) is 0 Å².